The van der Waals surface area contributed by atoms with Crippen molar-refractivity contribution in [1.29, 1.82) is 0 Å². The number of aromatic nitrogens is 2. The second kappa shape index (κ2) is 10.2. The monoisotopic (exact) mass is 465 g/mol. The maximum atomic E-state index is 12.6. The first-order valence-electron chi connectivity index (χ1n) is 9.36. The van der Waals surface area contributed by atoms with Crippen LogP contribution in [0.1, 0.15) is 32.4 Å². The Labute approximate surface area is 189 Å². The Bertz CT molecular complexity index is 1010. The van der Waals surface area contributed by atoms with Crippen LogP contribution in [-0.2, 0) is 4.79 Å². The van der Waals surface area contributed by atoms with Crippen LogP contribution < -0.4 is 10.1 Å². The Morgan fingerprint density at radius 1 is 1.17 bits per heavy atom. The number of ether oxygens (including phenoxy) is 1. The predicted molar refractivity (Wildman–Crippen MR) is 119 cm³/mol. The van der Waals surface area contributed by atoms with E-state index in [0.717, 1.165) is 16.9 Å². The highest BCUT2D eigenvalue weighted by Crippen LogP contribution is 2.29. The van der Waals surface area contributed by atoms with Gasteiger partial charge in [0.25, 0.3) is 5.22 Å². The zero-order chi connectivity index (χ0) is 21.7. The van der Waals surface area contributed by atoms with Crippen molar-refractivity contribution in [2.45, 2.75) is 37.3 Å². The molecule has 1 heterocycles. The summed E-state index contributed by atoms with van der Waals surface area (Å²) in [6.07, 6.45) is 0. The van der Waals surface area contributed by atoms with Crippen LogP contribution in [0.3, 0.4) is 0 Å². The quantitative estimate of drug-likeness (QED) is 0.423. The molecule has 3 rings (SSSR count). The lowest BCUT2D eigenvalue weighted by Gasteiger charge is -2.18. The third-order valence-electron chi connectivity index (χ3n) is 4.25. The molecule has 1 amide bonds. The fourth-order valence-corrected chi connectivity index (χ4v) is 3.97. The third kappa shape index (κ3) is 5.68. The van der Waals surface area contributed by atoms with E-state index in [1.54, 1.807) is 25.1 Å². The minimum Gasteiger partial charge on any atom is -0.494 e. The van der Waals surface area contributed by atoms with Gasteiger partial charge in [-0.05, 0) is 62.7 Å². The molecule has 0 radical (unpaired) electrons. The van der Waals surface area contributed by atoms with Gasteiger partial charge >= 0.3 is 0 Å². The standard InChI is InChI=1S/C21H21Cl2N3O3S/c1-4-28-16-8-5-14(6-9-16)20-25-26-21(29-20)30-13(3)19(27)24-12(2)17-10-7-15(22)11-18(17)23/h5-13H,4H2,1-3H3,(H,24,27). The number of halogens is 2. The van der Waals surface area contributed by atoms with Crippen molar-refractivity contribution in [3.8, 4) is 17.2 Å². The van der Waals surface area contributed by atoms with Gasteiger partial charge in [0, 0.05) is 15.6 Å². The fraction of sp³-hybridized carbons (Fsp3) is 0.286. The Morgan fingerprint density at radius 3 is 2.57 bits per heavy atom. The molecule has 158 valence electrons. The molecule has 3 aromatic rings. The van der Waals surface area contributed by atoms with Crippen molar-refractivity contribution in [1.82, 2.24) is 15.5 Å². The molecule has 0 fully saturated rings. The van der Waals surface area contributed by atoms with Crippen LogP contribution in [-0.4, -0.2) is 28.0 Å². The van der Waals surface area contributed by atoms with Crippen LogP contribution in [0, 0.1) is 0 Å². The predicted octanol–water partition coefficient (Wildman–Crippen LogP) is 5.80. The molecular formula is C21H21Cl2N3O3S. The summed E-state index contributed by atoms with van der Waals surface area (Å²) < 4.78 is 11.1. The number of carbonyl (C=O) groups is 1. The van der Waals surface area contributed by atoms with E-state index in [2.05, 4.69) is 15.5 Å². The highest BCUT2D eigenvalue weighted by Gasteiger charge is 2.21. The van der Waals surface area contributed by atoms with E-state index in [0.29, 0.717) is 27.8 Å². The topological polar surface area (TPSA) is 77.2 Å². The lowest BCUT2D eigenvalue weighted by atomic mass is 10.1. The van der Waals surface area contributed by atoms with Crippen molar-refractivity contribution >= 4 is 40.9 Å². The van der Waals surface area contributed by atoms with Gasteiger partial charge in [-0.2, -0.15) is 0 Å². The van der Waals surface area contributed by atoms with Crippen molar-refractivity contribution in [3.63, 3.8) is 0 Å². The van der Waals surface area contributed by atoms with Crippen LogP contribution in [0.15, 0.2) is 52.1 Å². The molecular weight excluding hydrogens is 445 g/mol. The molecule has 30 heavy (non-hydrogen) atoms. The van der Waals surface area contributed by atoms with E-state index in [1.807, 2.05) is 38.1 Å². The Hall–Kier alpha value is -2.22. The van der Waals surface area contributed by atoms with E-state index in [9.17, 15) is 4.79 Å². The molecule has 0 bridgehead atoms. The molecule has 0 saturated heterocycles. The molecule has 1 aromatic heterocycles. The zero-order valence-corrected chi connectivity index (χ0v) is 19.0. The molecule has 1 N–H and O–H groups in total. The average Bonchev–Trinajstić information content (AvgIpc) is 3.17. The van der Waals surface area contributed by atoms with E-state index in [-0.39, 0.29) is 11.9 Å². The number of hydrogen-bond donors (Lipinski definition) is 1. The summed E-state index contributed by atoms with van der Waals surface area (Å²) in [4.78, 5) is 12.6. The maximum Gasteiger partial charge on any atom is 0.277 e. The summed E-state index contributed by atoms with van der Waals surface area (Å²) in [5, 5.41) is 12.0. The van der Waals surface area contributed by atoms with Gasteiger partial charge in [0.05, 0.1) is 17.9 Å². The van der Waals surface area contributed by atoms with E-state index < -0.39 is 5.25 Å². The van der Waals surface area contributed by atoms with Crippen molar-refractivity contribution in [2.75, 3.05) is 6.61 Å². The van der Waals surface area contributed by atoms with E-state index >= 15 is 0 Å². The summed E-state index contributed by atoms with van der Waals surface area (Å²) in [6, 6.07) is 12.3. The Balaban J connectivity index is 1.60. The highest BCUT2D eigenvalue weighted by molar-refractivity contribution is 8.00. The number of hydrogen-bond acceptors (Lipinski definition) is 6. The molecule has 0 saturated carbocycles. The normalized spacial score (nSPS) is 13.0. The summed E-state index contributed by atoms with van der Waals surface area (Å²) in [7, 11) is 0. The van der Waals surface area contributed by atoms with Gasteiger partial charge in [-0.15, -0.1) is 10.2 Å². The molecule has 2 atom stereocenters. The average molecular weight is 466 g/mol. The first kappa shape index (κ1) is 22.5. The van der Waals surface area contributed by atoms with Gasteiger partial charge in [-0.3, -0.25) is 4.79 Å². The molecule has 2 unspecified atom stereocenters. The summed E-state index contributed by atoms with van der Waals surface area (Å²) in [5.74, 6) is 0.990. The lowest BCUT2D eigenvalue weighted by Crippen LogP contribution is -2.33. The molecule has 0 spiro atoms. The SMILES string of the molecule is CCOc1ccc(-c2nnc(SC(C)C(=O)NC(C)c3ccc(Cl)cc3Cl)o2)cc1. The summed E-state index contributed by atoms with van der Waals surface area (Å²) in [6.45, 7) is 6.17. The van der Waals surface area contributed by atoms with Gasteiger partial charge in [-0.1, -0.05) is 41.0 Å². The zero-order valence-electron chi connectivity index (χ0n) is 16.7. The number of nitrogens with one attached hydrogen (secondary N) is 1. The molecule has 0 aliphatic rings. The Morgan fingerprint density at radius 2 is 1.90 bits per heavy atom. The summed E-state index contributed by atoms with van der Waals surface area (Å²) >= 11 is 13.3. The molecule has 2 aromatic carbocycles. The number of nitrogens with zero attached hydrogens (tertiary/aromatic N) is 2. The minimum absolute atomic E-state index is 0.167. The molecule has 0 aliphatic heterocycles. The van der Waals surface area contributed by atoms with Crippen molar-refractivity contribution < 1.29 is 13.9 Å². The molecule has 0 aliphatic carbocycles. The molecule has 9 heteroatoms. The minimum atomic E-state index is -0.438. The van der Waals surface area contributed by atoms with Gasteiger partial charge in [0.2, 0.25) is 11.8 Å². The fourth-order valence-electron chi connectivity index (χ4n) is 2.70. The van der Waals surface area contributed by atoms with Crippen LogP contribution in [0.5, 0.6) is 5.75 Å². The van der Waals surface area contributed by atoms with E-state index in [4.69, 9.17) is 32.4 Å². The third-order valence-corrected chi connectivity index (χ3v) is 5.75. The van der Waals surface area contributed by atoms with Gasteiger partial charge in [0.1, 0.15) is 5.75 Å². The number of thioether (sulfide) groups is 1. The second-order valence-electron chi connectivity index (χ2n) is 6.49. The number of amides is 1. The highest BCUT2D eigenvalue weighted by atomic mass is 35.5. The van der Waals surface area contributed by atoms with Crippen LogP contribution >= 0.6 is 35.0 Å². The number of carbonyl (C=O) groups excluding carboxylic acids is 1. The second-order valence-corrected chi connectivity index (χ2v) is 8.62. The van der Waals surface area contributed by atoms with Crippen LogP contribution in [0.2, 0.25) is 10.0 Å². The van der Waals surface area contributed by atoms with Crippen molar-refractivity contribution in [2.24, 2.45) is 0 Å². The van der Waals surface area contributed by atoms with Gasteiger partial charge < -0.3 is 14.5 Å². The van der Waals surface area contributed by atoms with Crippen LogP contribution in [0.4, 0.5) is 0 Å². The van der Waals surface area contributed by atoms with Crippen LogP contribution in [0.25, 0.3) is 11.5 Å². The maximum absolute atomic E-state index is 12.6. The largest absolute Gasteiger partial charge is 0.494 e. The smallest absolute Gasteiger partial charge is 0.277 e. The number of benzene rings is 2. The number of rotatable bonds is 8. The van der Waals surface area contributed by atoms with Gasteiger partial charge in [-0.25, -0.2) is 0 Å². The van der Waals surface area contributed by atoms with E-state index in [1.165, 1.54) is 11.8 Å². The summed E-state index contributed by atoms with van der Waals surface area (Å²) in [5.41, 5.74) is 1.57. The first-order valence-corrected chi connectivity index (χ1v) is 11.0. The molecule has 6 nitrogen and oxygen atoms in total. The van der Waals surface area contributed by atoms with Gasteiger partial charge in [0.15, 0.2) is 0 Å². The Kier molecular flexibility index (Phi) is 7.64. The lowest BCUT2D eigenvalue weighted by molar-refractivity contribution is -0.120. The first-order chi connectivity index (χ1) is 14.4. The van der Waals surface area contributed by atoms with Crippen molar-refractivity contribution in [3.05, 3.63) is 58.1 Å².